The zero-order valence-corrected chi connectivity index (χ0v) is 12.7. The number of aliphatic carboxylic acids is 1. The van der Waals surface area contributed by atoms with Crippen LogP contribution in [0.3, 0.4) is 0 Å². The molecular formula is C17H28O4. The molecule has 0 aromatic heterocycles. The molecule has 0 rings (SSSR count). The van der Waals surface area contributed by atoms with Crippen molar-refractivity contribution in [1.82, 2.24) is 0 Å². The molecule has 0 aliphatic heterocycles. The molecule has 0 fully saturated rings. The van der Waals surface area contributed by atoms with Gasteiger partial charge in [-0.2, -0.15) is 0 Å². The Morgan fingerprint density at radius 3 is 2.52 bits per heavy atom. The summed E-state index contributed by atoms with van der Waals surface area (Å²) in [5.74, 6) is -0.747. The van der Waals surface area contributed by atoms with E-state index in [0.717, 1.165) is 38.5 Å². The van der Waals surface area contributed by atoms with Gasteiger partial charge in [0.15, 0.2) is 0 Å². The van der Waals surface area contributed by atoms with Crippen LogP contribution in [0.4, 0.5) is 0 Å². The van der Waals surface area contributed by atoms with E-state index in [-0.39, 0.29) is 13.0 Å². The quantitative estimate of drug-likeness (QED) is 0.277. The Labute approximate surface area is 127 Å². The fraction of sp³-hybridized carbons (Fsp3) is 0.588. The molecule has 1 unspecified atom stereocenters. The van der Waals surface area contributed by atoms with E-state index < -0.39 is 12.1 Å². The summed E-state index contributed by atoms with van der Waals surface area (Å²) < 4.78 is 0. The van der Waals surface area contributed by atoms with Gasteiger partial charge in [0.1, 0.15) is 0 Å². The predicted molar refractivity (Wildman–Crippen MR) is 85.1 cm³/mol. The molecule has 0 saturated carbocycles. The van der Waals surface area contributed by atoms with Crippen molar-refractivity contribution in [2.24, 2.45) is 0 Å². The first-order valence-electron chi connectivity index (χ1n) is 7.66. The van der Waals surface area contributed by atoms with Crippen LogP contribution in [0.25, 0.3) is 0 Å². The molecule has 4 heteroatoms. The lowest BCUT2D eigenvalue weighted by atomic mass is 10.1. The van der Waals surface area contributed by atoms with Crippen molar-refractivity contribution in [2.45, 2.75) is 57.5 Å². The molecule has 3 N–H and O–H groups in total. The van der Waals surface area contributed by atoms with Crippen LogP contribution in [-0.2, 0) is 4.79 Å². The minimum Gasteiger partial charge on any atom is -0.481 e. The molecule has 1 atom stereocenters. The second-order valence-corrected chi connectivity index (χ2v) is 4.95. The lowest BCUT2D eigenvalue weighted by Gasteiger charge is -2.03. The van der Waals surface area contributed by atoms with Gasteiger partial charge in [0.05, 0.1) is 6.10 Å². The Bertz CT molecular complexity index is 332. The SMILES string of the molecule is O=C(O)CCCC=CCC=CC=CC(O)CCCCCO. The number of hydrogen-bond acceptors (Lipinski definition) is 3. The van der Waals surface area contributed by atoms with E-state index in [4.69, 9.17) is 10.2 Å². The average Bonchev–Trinajstić information content (AvgIpc) is 2.45. The zero-order chi connectivity index (χ0) is 15.8. The molecule has 0 spiro atoms. The highest BCUT2D eigenvalue weighted by Gasteiger charge is 1.97. The number of rotatable bonds is 13. The summed E-state index contributed by atoms with van der Waals surface area (Å²) in [6, 6.07) is 0. The van der Waals surface area contributed by atoms with Gasteiger partial charge in [0, 0.05) is 13.0 Å². The van der Waals surface area contributed by atoms with Gasteiger partial charge in [-0.15, -0.1) is 0 Å². The first-order chi connectivity index (χ1) is 10.2. The molecule has 0 heterocycles. The number of hydrogen-bond donors (Lipinski definition) is 3. The molecule has 0 aromatic carbocycles. The largest absolute Gasteiger partial charge is 0.481 e. The summed E-state index contributed by atoms with van der Waals surface area (Å²) >= 11 is 0. The topological polar surface area (TPSA) is 77.8 Å². The third kappa shape index (κ3) is 16.6. The Balaban J connectivity index is 3.54. The summed E-state index contributed by atoms with van der Waals surface area (Å²) in [4.78, 5) is 10.3. The second-order valence-electron chi connectivity index (χ2n) is 4.95. The zero-order valence-electron chi connectivity index (χ0n) is 12.7. The summed E-state index contributed by atoms with van der Waals surface area (Å²) in [6.45, 7) is 0.221. The lowest BCUT2D eigenvalue weighted by molar-refractivity contribution is -0.137. The lowest BCUT2D eigenvalue weighted by Crippen LogP contribution is -2.01. The number of carbonyl (C=O) groups is 1. The third-order valence-corrected chi connectivity index (χ3v) is 2.94. The van der Waals surface area contributed by atoms with E-state index in [1.807, 2.05) is 30.4 Å². The molecule has 21 heavy (non-hydrogen) atoms. The number of aliphatic hydroxyl groups excluding tert-OH is 2. The van der Waals surface area contributed by atoms with Gasteiger partial charge >= 0.3 is 5.97 Å². The van der Waals surface area contributed by atoms with Crippen LogP contribution in [0.2, 0.25) is 0 Å². The van der Waals surface area contributed by atoms with Crippen molar-refractivity contribution in [2.75, 3.05) is 6.61 Å². The highest BCUT2D eigenvalue weighted by molar-refractivity contribution is 5.66. The van der Waals surface area contributed by atoms with Crippen LogP contribution >= 0.6 is 0 Å². The first-order valence-corrected chi connectivity index (χ1v) is 7.66. The fourth-order valence-corrected chi connectivity index (χ4v) is 1.75. The molecule has 120 valence electrons. The second kappa shape index (κ2) is 15.0. The van der Waals surface area contributed by atoms with E-state index in [0.29, 0.717) is 6.42 Å². The van der Waals surface area contributed by atoms with Gasteiger partial charge < -0.3 is 15.3 Å². The van der Waals surface area contributed by atoms with Gasteiger partial charge in [-0.25, -0.2) is 0 Å². The van der Waals surface area contributed by atoms with Crippen LogP contribution in [0, 0.1) is 0 Å². The van der Waals surface area contributed by atoms with Crippen LogP contribution in [0.15, 0.2) is 36.5 Å². The van der Waals surface area contributed by atoms with Crippen molar-refractivity contribution in [1.29, 1.82) is 0 Å². The number of carboxylic acid groups (broad SMARTS) is 1. The summed E-state index contributed by atoms with van der Waals surface area (Å²) in [7, 11) is 0. The molecule has 0 aliphatic carbocycles. The van der Waals surface area contributed by atoms with Crippen LogP contribution in [-0.4, -0.2) is 34.0 Å². The molecule has 0 saturated heterocycles. The van der Waals surface area contributed by atoms with Crippen LogP contribution < -0.4 is 0 Å². The van der Waals surface area contributed by atoms with E-state index in [1.54, 1.807) is 6.08 Å². The van der Waals surface area contributed by atoms with Gasteiger partial charge in [0.2, 0.25) is 0 Å². The van der Waals surface area contributed by atoms with Crippen molar-refractivity contribution in [3.05, 3.63) is 36.5 Å². The van der Waals surface area contributed by atoms with Crippen LogP contribution in [0.5, 0.6) is 0 Å². The monoisotopic (exact) mass is 296 g/mol. The molecule has 0 amide bonds. The standard InChI is InChI=1S/C17H28O4/c18-15-11-7-9-13-16(19)12-8-5-3-1-2-4-6-10-14-17(20)21/h2-5,8,12,16,18-19H,1,6-7,9-11,13-15H2,(H,20,21). The highest BCUT2D eigenvalue weighted by atomic mass is 16.4. The molecular weight excluding hydrogens is 268 g/mol. The maximum atomic E-state index is 10.3. The van der Waals surface area contributed by atoms with E-state index in [1.165, 1.54) is 0 Å². The van der Waals surface area contributed by atoms with Crippen LogP contribution in [0.1, 0.15) is 51.4 Å². The molecule has 4 nitrogen and oxygen atoms in total. The maximum Gasteiger partial charge on any atom is 0.303 e. The molecule has 0 bridgehead atoms. The normalized spacial score (nSPS) is 13.6. The minimum atomic E-state index is -0.747. The highest BCUT2D eigenvalue weighted by Crippen LogP contribution is 2.04. The maximum absolute atomic E-state index is 10.3. The van der Waals surface area contributed by atoms with Gasteiger partial charge in [0.25, 0.3) is 0 Å². The number of carboxylic acids is 1. The average molecular weight is 296 g/mol. The summed E-state index contributed by atoms with van der Waals surface area (Å²) in [5, 5.41) is 26.7. The minimum absolute atomic E-state index is 0.221. The Hall–Kier alpha value is -1.39. The molecule has 0 aromatic rings. The first kappa shape index (κ1) is 19.6. The van der Waals surface area contributed by atoms with Gasteiger partial charge in [-0.3, -0.25) is 4.79 Å². The summed E-state index contributed by atoms with van der Waals surface area (Å²) in [6.07, 6.45) is 17.0. The number of aliphatic hydroxyl groups is 2. The van der Waals surface area contributed by atoms with Gasteiger partial charge in [-0.1, -0.05) is 49.3 Å². The molecule has 0 aliphatic rings. The van der Waals surface area contributed by atoms with Crippen molar-refractivity contribution >= 4 is 5.97 Å². The summed E-state index contributed by atoms with van der Waals surface area (Å²) in [5.41, 5.74) is 0. The number of allylic oxidation sites excluding steroid dienone is 5. The smallest absolute Gasteiger partial charge is 0.303 e. The third-order valence-electron chi connectivity index (χ3n) is 2.94. The molecule has 0 radical (unpaired) electrons. The number of unbranched alkanes of at least 4 members (excludes halogenated alkanes) is 3. The van der Waals surface area contributed by atoms with Gasteiger partial charge in [-0.05, 0) is 32.1 Å². The Morgan fingerprint density at radius 1 is 1.00 bits per heavy atom. The fourth-order valence-electron chi connectivity index (χ4n) is 1.75. The van der Waals surface area contributed by atoms with Crippen molar-refractivity contribution < 1.29 is 20.1 Å². The predicted octanol–water partition coefficient (Wildman–Crippen LogP) is 3.21. The van der Waals surface area contributed by atoms with E-state index in [2.05, 4.69) is 0 Å². The van der Waals surface area contributed by atoms with E-state index >= 15 is 0 Å². The van der Waals surface area contributed by atoms with Crippen molar-refractivity contribution in [3.8, 4) is 0 Å². The Kier molecular flexibility index (Phi) is 14.0. The Morgan fingerprint density at radius 2 is 1.81 bits per heavy atom. The van der Waals surface area contributed by atoms with E-state index in [9.17, 15) is 9.90 Å². The van der Waals surface area contributed by atoms with Crippen molar-refractivity contribution in [3.63, 3.8) is 0 Å².